The van der Waals surface area contributed by atoms with Crippen LogP contribution in [-0.4, -0.2) is 152 Å². The largest absolute Gasteiger partial charge is 0.476 e. The van der Waals surface area contributed by atoms with Crippen LogP contribution in [0.3, 0.4) is 0 Å². The number of imidazole rings is 2. The minimum atomic E-state index is -4.88. The highest BCUT2D eigenvalue weighted by atomic mass is 31.2. The van der Waals surface area contributed by atoms with Gasteiger partial charge in [0, 0.05) is 35.2 Å². The van der Waals surface area contributed by atoms with Gasteiger partial charge in [-0.05, 0) is 114 Å². The van der Waals surface area contributed by atoms with Crippen LogP contribution in [0, 0.1) is 22.7 Å². The smallest absolute Gasteiger partial charge is 0.459 e. The Balaban J connectivity index is 0.760. The van der Waals surface area contributed by atoms with E-state index in [1.807, 2.05) is 47.6 Å². The summed E-state index contributed by atoms with van der Waals surface area (Å²) < 4.78 is 153. The van der Waals surface area contributed by atoms with Gasteiger partial charge in [-0.25, -0.2) is 41.7 Å². The first-order valence-electron chi connectivity index (χ1n) is 33.0. The Morgan fingerprint density at radius 2 is 1.34 bits per heavy atom. The second-order valence-corrected chi connectivity index (χ2v) is 31.6. The standard InChI is InChI=1S/C66H85F4N13O15P2/c1-13-90-52-47-50(76-59(71)78-52)82(34-73-47)57-63(11,67)55(86)65(69,95-57)32-93-99(88,97-45-25-17-21-39-20-15-16-22-41(39)45)80-37(4)49(84)43-28-40(43)30-62(9,10)29-36(3)75-60-77-51-48(53(79-60)91-14-2)74-35-83(51)58-64(12,68)56(87)66(70,96-58)33-94-100(89,81-38(5)54(85)92-31-61(6,7)8)98-46-26-18-24-44-42(46)23-19-27-72-44/h15-17,19-25,27,34-38,40,43,55-58,86-87H,13-14,18,26,28-33H2,1-12H3,(H,80,88)(H,81,89)(H2,71,76,78)(H,75,77,79)/t36-,37?,38?,40?,43?,55+,56+,57-,58-,63-,64-,65-,66-,99?,100?/m1/s1. The first kappa shape index (κ1) is 73.7. The number of aliphatic hydroxyl groups excluding tert-OH is 2. The molecule has 100 heavy (non-hydrogen) atoms. The molecule has 7 aromatic rings. The number of esters is 1. The van der Waals surface area contributed by atoms with Gasteiger partial charge in [-0.15, -0.1) is 0 Å². The van der Waals surface area contributed by atoms with Gasteiger partial charge >= 0.3 is 21.5 Å². The molecule has 28 nitrogen and oxygen atoms in total. The van der Waals surface area contributed by atoms with Crippen molar-refractivity contribution in [3.8, 4) is 17.5 Å². The van der Waals surface area contributed by atoms with E-state index in [0.717, 1.165) is 35.6 Å². The second-order valence-electron chi connectivity index (χ2n) is 28.2. The van der Waals surface area contributed by atoms with Gasteiger partial charge in [0.2, 0.25) is 23.7 Å². The Morgan fingerprint density at radius 1 is 0.760 bits per heavy atom. The zero-order chi connectivity index (χ0) is 72.3. The molecule has 34 heteroatoms. The molecule has 11 rings (SSSR count). The normalized spacial score (nSPS) is 27.4. The molecule has 3 fully saturated rings. The molecule has 0 radical (unpaired) electrons. The lowest BCUT2D eigenvalue weighted by Gasteiger charge is -2.29. The van der Waals surface area contributed by atoms with Crippen LogP contribution in [0.25, 0.3) is 44.9 Å². The summed E-state index contributed by atoms with van der Waals surface area (Å²) in [4.78, 5) is 58.0. The third-order valence-corrected chi connectivity index (χ3v) is 21.0. The van der Waals surface area contributed by atoms with Gasteiger partial charge in [0.05, 0.1) is 43.9 Å². The molecule has 2 aliphatic carbocycles. The average molecular weight is 1440 g/mol. The molecule has 0 spiro atoms. The van der Waals surface area contributed by atoms with Crippen LogP contribution in [0.5, 0.6) is 17.5 Å². The van der Waals surface area contributed by atoms with Gasteiger partial charge in [0.1, 0.15) is 30.8 Å². The van der Waals surface area contributed by atoms with Crippen molar-refractivity contribution in [3.63, 3.8) is 0 Å². The summed E-state index contributed by atoms with van der Waals surface area (Å²) in [7, 11) is -9.72. The maximum absolute atomic E-state index is 17.4. The molecule has 542 valence electrons. The molecule has 7 heterocycles. The number of nitrogens with one attached hydrogen (secondary N) is 3. The number of anilines is 2. The molecule has 2 aromatic carbocycles. The average Bonchev–Trinajstić information content (AvgIpc) is 1.58. The highest BCUT2D eigenvalue weighted by Crippen LogP contribution is 2.56. The quantitative estimate of drug-likeness (QED) is 0.0139. The monoisotopic (exact) mass is 1440 g/mol. The van der Waals surface area contributed by atoms with E-state index in [0.29, 0.717) is 47.0 Å². The zero-order valence-electron chi connectivity index (χ0n) is 57.5. The maximum atomic E-state index is 17.4. The van der Waals surface area contributed by atoms with Gasteiger partial charge in [0.25, 0.3) is 11.7 Å². The van der Waals surface area contributed by atoms with Crippen molar-refractivity contribution < 1.29 is 88.3 Å². The molecule has 7 N–H and O–H groups in total. The number of carbonyl (C=O) groups excluding carboxylic acids is 2. The topological polar surface area (TPSA) is 354 Å². The van der Waals surface area contributed by atoms with Gasteiger partial charge in [-0.2, -0.15) is 25.0 Å². The lowest BCUT2D eigenvalue weighted by Crippen LogP contribution is -2.47. The predicted molar refractivity (Wildman–Crippen MR) is 358 cm³/mol. The van der Waals surface area contributed by atoms with E-state index < -0.39 is 117 Å². The van der Waals surface area contributed by atoms with Crippen LogP contribution in [0.1, 0.15) is 128 Å². The number of ketones is 1. The first-order chi connectivity index (χ1) is 47.0. The van der Waals surface area contributed by atoms with Gasteiger partial charge in [-0.1, -0.05) is 77.1 Å². The number of rotatable bonds is 30. The van der Waals surface area contributed by atoms with Gasteiger partial charge in [0.15, 0.2) is 64.1 Å². The Bertz CT molecular complexity index is 4450. The van der Waals surface area contributed by atoms with E-state index in [4.69, 9.17) is 47.5 Å². The van der Waals surface area contributed by atoms with Crippen molar-refractivity contribution in [1.82, 2.24) is 54.2 Å². The number of nitrogens with two attached hydrogens (primary N) is 1. The number of nitrogens with zero attached hydrogens (tertiary/aromatic N) is 9. The number of carbonyl (C=O) groups is 2. The summed E-state index contributed by atoms with van der Waals surface area (Å²) in [5.41, 5.74) is -0.911. The molecule has 0 bridgehead atoms. The molecular weight excluding hydrogens is 1350 g/mol. The SMILES string of the molecule is CCOc1nc(N)nc2c1ncn2[C@@H]1O[C@](F)(COP(=O)(NC(C)C(=O)C2CC2CC(C)(C)C[C@@H](C)Nc2nc(OCC)c3ncn([C@@H]4O[C@](F)(COP(=O)(NC(C)C(=O)OCC(C)(C)C)OC5=c6cccnc6=CCC5)[C@@H](O)[C@@]4(C)F)c3n2)Oc2cccc3ccccc23)[C@@H](O)[C@@]1(C)F. The molecule has 15 atom stereocenters. The van der Waals surface area contributed by atoms with E-state index in [1.54, 1.807) is 68.6 Å². The molecule has 6 unspecified atom stereocenters. The second kappa shape index (κ2) is 28.0. The van der Waals surface area contributed by atoms with Crippen molar-refractivity contribution in [2.75, 3.05) is 44.1 Å². The molecule has 2 aliphatic heterocycles. The Hall–Kier alpha value is -7.51. The number of fused-ring (bicyclic) bond motifs is 4. The lowest BCUT2D eigenvalue weighted by molar-refractivity contribution is -0.203. The summed E-state index contributed by atoms with van der Waals surface area (Å²) in [5.74, 6) is -8.80. The summed E-state index contributed by atoms with van der Waals surface area (Å²) in [5, 5.41) is 33.6. The molecule has 0 amide bonds. The highest BCUT2D eigenvalue weighted by molar-refractivity contribution is 7.52. The third-order valence-electron chi connectivity index (χ3n) is 17.7. The summed E-state index contributed by atoms with van der Waals surface area (Å²) >= 11 is 0. The van der Waals surface area contributed by atoms with Crippen molar-refractivity contribution in [2.24, 2.45) is 22.7 Å². The van der Waals surface area contributed by atoms with Crippen LogP contribution in [-0.2, 0) is 46.5 Å². The van der Waals surface area contributed by atoms with E-state index >= 15 is 22.1 Å². The zero-order valence-corrected chi connectivity index (χ0v) is 59.3. The molecule has 4 aliphatic rings. The molecule has 1 saturated carbocycles. The fraction of sp³-hybridized carbons (Fsp3) is 0.561. The number of nitrogen functional groups attached to an aromatic ring is 1. The number of hydrogen-bond acceptors (Lipinski definition) is 24. The summed E-state index contributed by atoms with van der Waals surface area (Å²) in [6.07, 6.45) is -1.35. The summed E-state index contributed by atoms with van der Waals surface area (Å²) in [6, 6.07) is 12.3. The van der Waals surface area contributed by atoms with Gasteiger partial charge < -0.3 is 54.0 Å². The number of halogens is 4. The number of ether oxygens (including phenoxy) is 5. The fourth-order valence-corrected chi connectivity index (χ4v) is 16.0. The maximum Gasteiger partial charge on any atom is 0.459 e. The number of pyridine rings is 1. The van der Waals surface area contributed by atoms with Crippen molar-refractivity contribution in [2.45, 2.75) is 181 Å². The van der Waals surface area contributed by atoms with E-state index in [2.05, 4.69) is 50.4 Å². The molecular formula is C66H85F4N13O15P2. The first-order valence-corrected chi connectivity index (χ1v) is 36.1. The van der Waals surface area contributed by atoms with Crippen molar-refractivity contribution in [1.29, 1.82) is 0 Å². The van der Waals surface area contributed by atoms with Crippen LogP contribution in [0.2, 0.25) is 0 Å². The van der Waals surface area contributed by atoms with E-state index in [-0.39, 0.29) is 95.4 Å². The predicted octanol–water partition coefficient (Wildman–Crippen LogP) is 9.25. The van der Waals surface area contributed by atoms with Crippen LogP contribution >= 0.6 is 15.5 Å². The third kappa shape index (κ3) is 15.5. The summed E-state index contributed by atoms with van der Waals surface area (Å²) in [6.45, 7) is 17.0. The van der Waals surface area contributed by atoms with Gasteiger partial charge in [-0.3, -0.25) is 32.8 Å². The van der Waals surface area contributed by atoms with Crippen molar-refractivity contribution >= 4 is 84.1 Å². The van der Waals surface area contributed by atoms with E-state index in [1.165, 1.54) is 19.9 Å². The van der Waals surface area contributed by atoms with Crippen LogP contribution in [0.4, 0.5) is 29.5 Å². The van der Waals surface area contributed by atoms with Crippen molar-refractivity contribution in [3.05, 3.63) is 84.0 Å². The number of aromatic nitrogens is 9. The Labute approximate surface area is 573 Å². The number of benzene rings is 2. The van der Waals surface area contributed by atoms with Crippen LogP contribution < -0.4 is 45.8 Å². The number of Topliss-reactive ketones (excluding diaryl/α,β-unsaturated/α-hetero) is 1. The molecule has 5 aromatic heterocycles. The number of hydrogen-bond donors (Lipinski definition) is 6. The van der Waals surface area contributed by atoms with Crippen LogP contribution in [0.15, 0.2) is 73.4 Å². The fourth-order valence-electron chi connectivity index (χ4n) is 12.9. The minimum Gasteiger partial charge on any atom is -0.476 e. The highest BCUT2D eigenvalue weighted by Gasteiger charge is 2.67. The number of aliphatic hydroxyl groups is 2. The minimum absolute atomic E-state index is 0.00394. The molecule has 2 saturated heterocycles. The Morgan fingerprint density at radius 3 is 1.96 bits per heavy atom. The lowest BCUT2D eigenvalue weighted by atomic mass is 9.80. The van der Waals surface area contributed by atoms with E-state index in [9.17, 15) is 24.4 Å². The Kier molecular flexibility index (Phi) is 20.7. The number of alkyl halides is 4.